The molecule has 0 N–H and O–H groups in total. The molecule has 2 atom stereocenters. The third-order valence-corrected chi connectivity index (χ3v) is 3.46. The molecule has 1 aliphatic carbocycles. The summed E-state index contributed by atoms with van der Waals surface area (Å²) in [5, 5.41) is 7.45. The van der Waals surface area contributed by atoms with Crippen molar-refractivity contribution in [2.75, 3.05) is 0 Å². The molecule has 1 rings (SSSR count). The van der Waals surface area contributed by atoms with Crippen LogP contribution in [-0.4, -0.2) is 11.1 Å². The molecule has 0 bridgehead atoms. The Morgan fingerprint density at radius 2 is 1.21 bits per heavy atom. The van der Waals surface area contributed by atoms with E-state index in [9.17, 15) is 0 Å². The quantitative estimate of drug-likeness (QED) is 0.277. The third-order valence-electron chi connectivity index (χ3n) is 3.46. The van der Waals surface area contributed by atoms with Crippen molar-refractivity contribution >= 4 is 0 Å². The van der Waals surface area contributed by atoms with Gasteiger partial charge in [0.05, 0.1) is 11.1 Å². The second kappa shape index (κ2) is 2.94. The van der Waals surface area contributed by atoms with Crippen LogP contribution in [-0.2, 0) is 0 Å². The zero-order valence-corrected chi connectivity index (χ0v) is 8.68. The number of azide groups is 2. The molecule has 1 aliphatic rings. The highest BCUT2D eigenvalue weighted by Crippen LogP contribution is 2.52. The molecule has 0 aromatic carbocycles. The van der Waals surface area contributed by atoms with E-state index in [0.717, 1.165) is 11.1 Å². The van der Waals surface area contributed by atoms with Crippen molar-refractivity contribution in [1.82, 2.24) is 0 Å². The standard InChI is InChI=1S/C8H12N6/c1-5-6(2)8(4,12-14-10)7(5,3)11-13-9/h1-4H3. The summed E-state index contributed by atoms with van der Waals surface area (Å²) in [6.07, 6.45) is 0. The molecular weight excluding hydrogens is 180 g/mol. The summed E-state index contributed by atoms with van der Waals surface area (Å²) in [4.78, 5) is 5.60. The molecule has 14 heavy (non-hydrogen) atoms. The van der Waals surface area contributed by atoms with Gasteiger partial charge in [0.25, 0.3) is 0 Å². The van der Waals surface area contributed by atoms with Gasteiger partial charge in [-0.05, 0) is 38.8 Å². The molecular formula is C8H12N6. The molecule has 2 unspecified atom stereocenters. The molecule has 6 heteroatoms. The van der Waals surface area contributed by atoms with E-state index in [1.807, 2.05) is 13.8 Å². The van der Waals surface area contributed by atoms with Crippen LogP contribution in [0.25, 0.3) is 20.9 Å². The van der Waals surface area contributed by atoms with E-state index in [1.165, 1.54) is 0 Å². The van der Waals surface area contributed by atoms with E-state index in [1.54, 1.807) is 13.8 Å². The van der Waals surface area contributed by atoms with Gasteiger partial charge in [0.15, 0.2) is 0 Å². The van der Waals surface area contributed by atoms with Crippen molar-refractivity contribution in [2.24, 2.45) is 10.2 Å². The average molecular weight is 192 g/mol. The van der Waals surface area contributed by atoms with Crippen molar-refractivity contribution in [2.45, 2.75) is 38.8 Å². The lowest BCUT2D eigenvalue weighted by molar-refractivity contribution is 0.289. The highest BCUT2D eigenvalue weighted by atomic mass is 15.3. The molecule has 6 nitrogen and oxygen atoms in total. The van der Waals surface area contributed by atoms with Gasteiger partial charge in [-0.3, -0.25) is 0 Å². The van der Waals surface area contributed by atoms with Gasteiger partial charge in [0.2, 0.25) is 0 Å². The Hall–Kier alpha value is -1.64. The molecule has 74 valence electrons. The first-order chi connectivity index (χ1) is 6.44. The van der Waals surface area contributed by atoms with E-state index in [-0.39, 0.29) is 0 Å². The fourth-order valence-corrected chi connectivity index (χ4v) is 1.92. The Morgan fingerprint density at radius 1 is 0.929 bits per heavy atom. The first kappa shape index (κ1) is 10.4. The maximum Gasteiger partial charge on any atom is 0.0816 e. The summed E-state index contributed by atoms with van der Waals surface area (Å²) < 4.78 is 0. The molecule has 0 aromatic rings. The highest BCUT2D eigenvalue weighted by molar-refractivity contribution is 5.50. The monoisotopic (exact) mass is 192 g/mol. The number of rotatable bonds is 2. The predicted molar refractivity (Wildman–Crippen MR) is 53.5 cm³/mol. The molecule has 0 saturated carbocycles. The van der Waals surface area contributed by atoms with E-state index >= 15 is 0 Å². The van der Waals surface area contributed by atoms with Crippen molar-refractivity contribution in [3.8, 4) is 0 Å². The minimum Gasteiger partial charge on any atom is -0.0821 e. The molecule has 0 aromatic heterocycles. The van der Waals surface area contributed by atoms with Crippen molar-refractivity contribution in [1.29, 1.82) is 0 Å². The zero-order valence-electron chi connectivity index (χ0n) is 8.68. The molecule has 0 radical (unpaired) electrons. The fourth-order valence-electron chi connectivity index (χ4n) is 1.92. The Kier molecular flexibility index (Phi) is 2.19. The second-order valence-corrected chi connectivity index (χ2v) is 3.77. The summed E-state index contributed by atoms with van der Waals surface area (Å²) in [5.41, 5.74) is 17.5. The molecule has 0 amide bonds. The Labute approximate surface area is 81.9 Å². The largest absolute Gasteiger partial charge is 0.0821 e. The van der Waals surface area contributed by atoms with Gasteiger partial charge in [0, 0.05) is 9.82 Å². The summed E-state index contributed by atoms with van der Waals surface area (Å²) in [6.45, 7) is 7.34. The van der Waals surface area contributed by atoms with E-state index in [2.05, 4.69) is 20.1 Å². The first-order valence-electron chi connectivity index (χ1n) is 4.25. The molecule has 0 spiro atoms. The van der Waals surface area contributed by atoms with Gasteiger partial charge in [-0.15, -0.1) is 0 Å². The smallest absolute Gasteiger partial charge is 0.0816 e. The van der Waals surface area contributed by atoms with Crippen LogP contribution >= 0.6 is 0 Å². The Morgan fingerprint density at radius 3 is 1.43 bits per heavy atom. The number of nitrogens with zero attached hydrogens (tertiary/aromatic N) is 6. The minimum atomic E-state index is -0.724. The summed E-state index contributed by atoms with van der Waals surface area (Å²) in [5.74, 6) is 0. The zero-order chi connectivity index (χ0) is 11.0. The maximum atomic E-state index is 8.47. The van der Waals surface area contributed by atoms with E-state index in [0.29, 0.717) is 0 Å². The second-order valence-electron chi connectivity index (χ2n) is 3.77. The van der Waals surface area contributed by atoms with Crippen LogP contribution in [0.4, 0.5) is 0 Å². The molecule has 0 heterocycles. The molecule has 0 saturated heterocycles. The number of hydrogen-bond donors (Lipinski definition) is 0. The van der Waals surface area contributed by atoms with Gasteiger partial charge in [-0.2, -0.15) is 0 Å². The van der Waals surface area contributed by atoms with Crippen molar-refractivity contribution < 1.29 is 0 Å². The van der Waals surface area contributed by atoms with E-state index < -0.39 is 11.1 Å². The van der Waals surface area contributed by atoms with Crippen LogP contribution in [0.2, 0.25) is 0 Å². The van der Waals surface area contributed by atoms with Crippen LogP contribution in [0, 0.1) is 0 Å². The Balaban J connectivity index is 3.37. The van der Waals surface area contributed by atoms with Crippen LogP contribution < -0.4 is 0 Å². The number of hydrogen-bond acceptors (Lipinski definition) is 2. The van der Waals surface area contributed by atoms with Gasteiger partial charge >= 0.3 is 0 Å². The topological polar surface area (TPSA) is 97.5 Å². The first-order valence-corrected chi connectivity index (χ1v) is 4.25. The van der Waals surface area contributed by atoms with Crippen LogP contribution in [0.15, 0.2) is 21.4 Å². The Bertz CT molecular complexity index is 360. The average Bonchev–Trinajstić information content (AvgIpc) is 2.16. The van der Waals surface area contributed by atoms with Crippen LogP contribution in [0.5, 0.6) is 0 Å². The molecule has 0 aliphatic heterocycles. The van der Waals surface area contributed by atoms with Crippen LogP contribution in [0.3, 0.4) is 0 Å². The lowest BCUT2D eigenvalue weighted by Gasteiger charge is -2.52. The van der Waals surface area contributed by atoms with Crippen molar-refractivity contribution in [3.05, 3.63) is 32.0 Å². The predicted octanol–water partition coefficient (Wildman–Crippen LogP) is 3.47. The summed E-state index contributed by atoms with van der Waals surface area (Å²) in [6, 6.07) is 0. The van der Waals surface area contributed by atoms with Gasteiger partial charge in [-0.25, -0.2) is 0 Å². The lowest BCUT2D eigenvalue weighted by Crippen LogP contribution is -2.57. The SMILES string of the molecule is CC1=C(C)C(C)(N=[N+]=[N-])C1(C)N=[N+]=[N-]. The summed E-state index contributed by atoms with van der Waals surface area (Å²) >= 11 is 0. The minimum absolute atomic E-state index is 0.724. The van der Waals surface area contributed by atoms with Gasteiger partial charge in [-0.1, -0.05) is 21.4 Å². The third kappa shape index (κ3) is 0.923. The maximum absolute atomic E-state index is 8.47. The molecule has 0 fully saturated rings. The lowest BCUT2D eigenvalue weighted by atomic mass is 9.60. The normalized spacial score (nSPS) is 35.4. The van der Waals surface area contributed by atoms with Gasteiger partial charge < -0.3 is 0 Å². The highest BCUT2D eigenvalue weighted by Gasteiger charge is 2.55. The van der Waals surface area contributed by atoms with Crippen LogP contribution in [0.1, 0.15) is 27.7 Å². The van der Waals surface area contributed by atoms with Crippen molar-refractivity contribution in [3.63, 3.8) is 0 Å². The van der Waals surface area contributed by atoms with Gasteiger partial charge in [0.1, 0.15) is 0 Å². The van der Waals surface area contributed by atoms with E-state index in [4.69, 9.17) is 11.1 Å². The summed E-state index contributed by atoms with van der Waals surface area (Å²) in [7, 11) is 0. The fraction of sp³-hybridized carbons (Fsp3) is 0.750.